The van der Waals surface area contributed by atoms with Crippen molar-refractivity contribution >= 4 is 6.09 Å². The molecule has 82 valence electrons. The molecule has 0 aromatic carbocycles. The zero-order valence-corrected chi connectivity index (χ0v) is 9.33. The first-order valence-corrected chi connectivity index (χ1v) is 4.71. The van der Waals surface area contributed by atoms with Gasteiger partial charge in [0.15, 0.2) is 0 Å². The standard InChI is InChI=1S/C10H20N2O2/c1-8(6-5-7-11)12-9(13)14-10(2,3)4/h5-6,8H,7,11H2,1-4H3,(H,12,13)/b6-5+. The Hall–Kier alpha value is -1.03. The van der Waals surface area contributed by atoms with Crippen LogP contribution >= 0.6 is 0 Å². The fourth-order valence-corrected chi connectivity index (χ4v) is 0.824. The van der Waals surface area contributed by atoms with E-state index in [1.807, 2.05) is 33.8 Å². The molecule has 4 nitrogen and oxygen atoms in total. The number of alkyl carbamates (subject to hydrolysis) is 1. The summed E-state index contributed by atoms with van der Waals surface area (Å²) in [5.74, 6) is 0. The van der Waals surface area contributed by atoms with Crippen LogP contribution in [0.4, 0.5) is 4.79 Å². The maximum absolute atomic E-state index is 11.2. The number of hydrogen-bond donors (Lipinski definition) is 2. The highest BCUT2D eigenvalue weighted by Crippen LogP contribution is 2.06. The van der Waals surface area contributed by atoms with Gasteiger partial charge in [-0.2, -0.15) is 0 Å². The maximum Gasteiger partial charge on any atom is 0.408 e. The second kappa shape index (κ2) is 5.65. The van der Waals surface area contributed by atoms with Crippen molar-refractivity contribution in [2.75, 3.05) is 6.54 Å². The minimum Gasteiger partial charge on any atom is -0.444 e. The van der Waals surface area contributed by atoms with E-state index >= 15 is 0 Å². The molecule has 4 heteroatoms. The molecule has 0 radical (unpaired) electrons. The number of carbonyl (C=O) groups excluding carboxylic acids is 1. The number of amides is 1. The lowest BCUT2D eigenvalue weighted by molar-refractivity contribution is 0.0518. The van der Waals surface area contributed by atoms with Crippen LogP contribution in [0, 0.1) is 0 Å². The summed E-state index contributed by atoms with van der Waals surface area (Å²) in [5.41, 5.74) is 4.82. The van der Waals surface area contributed by atoms with Gasteiger partial charge in [0.1, 0.15) is 5.60 Å². The summed E-state index contributed by atoms with van der Waals surface area (Å²) >= 11 is 0. The Kier molecular flexibility index (Phi) is 5.23. The molecule has 3 N–H and O–H groups in total. The van der Waals surface area contributed by atoms with Gasteiger partial charge in [0.05, 0.1) is 0 Å². The van der Waals surface area contributed by atoms with E-state index in [0.717, 1.165) is 0 Å². The number of rotatable bonds is 3. The van der Waals surface area contributed by atoms with Crippen molar-refractivity contribution in [1.29, 1.82) is 0 Å². The summed E-state index contributed by atoms with van der Waals surface area (Å²) in [6.07, 6.45) is 3.21. The van der Waals surface area contributed by atoms with Crippen molar-refractivity contribution < 1.29 is 9.53 Å². The molecule has 0 spiro atoms. The second-order valence-electron chi connectivity index (χ2n) is 4.10. The van der Waals surface area contributed by atoms with E-state index in [2.05, 4.69) is 5.32 Å². The summed E-state index contributed by atoms with van der Waals surface area (Å²) < 4.78 is 5.07. The van der Waals surface area contributed by atoms with Gasteiger partial charge in [0.2, 0.25) is 0 Å². The lowest BCUT2D eigenvalue weighted by Crippen LogP contribution is -2.36. The number of nitrogens with two attached hydrogens (primary N) is 1. The van der Waals surface area contributed by atoms with E-state index in [9.17, 15) is 4.79 Å². The second-order valence-corrected chi connectivity index (χ2v) is 4.10. The fraction of sp³-hybridized carbons (Fsp3) is 0.700. The van der Waals surface area contributed by atoms with Crippen molar-refractivity contribution in [2.45, 2.75) is 39.3 Å². The Labute approximate surface area is 85.5 Å². The summed E-state index contributed by atoms with van der Waals surface area (Å²) in [4.78, 5) is 11.2. The number of carbonyl (C=O) groups is 1. The summed E-state index contributed by atoms with van der Waals surface area (Å²) in [5, 5.41) is 2.67. The maximum atomic E-state index is 11.2. The molecule has 0 aliphatic rings. The van der Waals surface area contributed by atoms with Crippen molar-refractivity contribution in [2.24, 2.45) is 5.73 Å². The highest BCUT2D eigenvalue weighted by Gasteiger charge is 2.16. The van der Waals surface area contributed by atoms with Gasteiger partial charge in [0.25, 0.3) is 0 Å². The smallest absolute Gasteiger partial charge is 0.408 e. The third-order valence-electron chi connectivity index (χ3n) is 1.31. The van der Waals surface area contributed by atoms with E-state index in [1.165, 1.54) is 0 Å². The van der Waals surface area contributed by atoms with Crippen molar-refractivity contribution in [3.63, 3.8) is 0 Å². The molecule has 0 aliphatic heterocycles. The van der Waals surface area contributed by atoms with E-state index < -0.39 is 11.7 Å². The molecule has 0 saturated carbocycles. The molecule has 1 atom stereocenters. The average molecular weight is 200 g/mol. The molecule has 0 aliphatic carbocycles. The predicted octanol–water partition coefficient (Wildman–Crippen LogP) is 1.41. The Morgan fingerprint density at radius 1 is 1.57 bits per heavy atom. The topological polar surface area (TPSA) is 64.3 Å². The van der Waals surface area contributed by atoms with Crippen LogP contribution in [-0.4, -0.2) is 24.3 Å². The third kappa shape index (κ3) is 7.61. The van der Waals surface area contributed by atoms with Gasteiger partial charge in [-0.15, -0.1) is 0 Å². The van der Waals surface area contributed by atoms with Gasteiger partial charge < -0.3 is 15.8 Å². The van der Waals surface area contributed by atoms with Crippen LogP contribution in [0.15, 0.2) is 12.2 Å². The quantitative estimate of drug-likeness (QED) is 0.677. The first-order valence-electron chi connectivity index (χ1n) is 4.71. The molecule has 14 heavy (non-hydrogen) atoms. The van der Waals surface area contributed by atoms with Crippen LogP contribution in [-0.2, 0) is 4.74 Å². The first kappa shape index (κ1) is 13.0. The van der Waals surface area contributed by atoms with E-state index in [1.54, 1.807) is 6.08 Å². The molecule has 0 aromatic heterocycles. The van der Waals surface area contributed by atoms with Crippen LogP contribution in [0.3, 0.4) is 0 Å². The average Bonchev–Trinajstić information content (AvgIpc) is 1.96. The molecule has 0 heterocycles. The molecular formula is C10H20N2O2. The third-order valence-corrected chi connectivity index (χ3v) is 1.31. The highest BCUT2D eigenvalue weighted by atomic mass is 16.6. The molecular weight excluding hydrogens is 180 g/mol. The predicted molar refractivity (Wildman–Crippen MR) is 57.0 cm³/mol. The molecule has 1 amide bonds. The molecule has 0 rings (SSSR count). The molecule has 1 unspecified atom stereocenters. The molecule has 0 bridgehead atoms. The summed E-state index contributed by atoms with van der Waals surface area (Å²) in [6, 6.07) is -0.0617. The van der Waals surface area contributed by atoms with E-state index in [0.29, 0.717) is 6.54 Å². The highest BCUT2D eigenvalue weighted by molar-refractivity contribution is 5.68. The van der Waals surface area contributed by atoms with Crippen molar-refractivity contribution in [3.05, 3.63) is 12.2 Å². The lowest BCUT2D eigenvalue weighted by atomic mass is 10.2. The van der Waals surface area contributed by atoms with E-state index in [-0.39, 0.29) is 6.04 Å². The first-order chi connectivity index (χ1) is 6.35. The van der Waals surface area contributed by atoms with Crippen LogP contribution in [0.1, 0.15) is 27.7 Å². The van der Waals surface area contributed by atoms with Crippen LogP contribution < -0.4 is 11.1 Å². The number of hydrogen-bond acceptors (Lipinski definition) is 3. The number of ether oxygens (including phenoxy) is 1. The minimum atomic E-state index is -0.457. The van der Waals surface area contributed by atoms with Gasteiger partial charge in [-0.1, -0.05) is 12.2 Å². The van der Waals surface area contributed by atoms with Gasteiger partial charge >= 0.3 is 6.09 Å². The van der Waals surface area contributed by atoms with Crippen LogP contribution in [0.5, 0.6) is 0 Å². The van der Waals surface area contributed by atoms with E-state index in [4.69, 9.17) is 10.5 Å². The van der Waals surface area contributed by atoms with Crippen molar-refractivity contribution in [1.82, 2.24) is 5.32 Å². The zero-order valence-electron chi connectivity index (χ0n) is 9.33. The SMILES string of the molecule is CC(/C=C/CN)NC(=O)OC(C)(C)C. The number of nitrogens with one attached hydrogen (secondary N) is 1. The largest absolute Gasteiger partial charge is 0.444 e. The Morgan fingerprint density at radius 2 is 2.14 bits per heavy atom. The monoisotopic (exact) mass is 200 g/mol. The fourth-order valence-electron chi connectivity index (χ4n) is 0.824. The zero-order chi connectivity index (χ0) is 11.2. The van der Waals surface area contributed by atoms with Gasteiger partial charge in [-0.3, -0.25) is 0 Å². The summed E-state index contributed by atoms with van der Waals surface area (Å²) in [7, 11) is 0. The van der Waals surface area contributed by atoms with Gasteiger partial charge in [-0.05, 0) is 27.7 Å². The minimum absolute atomic E-state index is 0.0617. The van der Waals surface area contributed by atoms with Crippen molar-refractivity contribution in [3.8, 4) is 0 Å². The van der Waals surface area contributed by atoms with Gasteiger partial charge in [-0.25, -0.2) is 4.79 Å². The molecule has 0 aromatic rings. The van der Waals surface area contributed by atoms with Crippen LogP contribution in [0.25, 0.3) is 0 Å². The Morgan fingerprint density at radius 3 is 2.57 bits per heavy atom. The lowest BCUT2D eigenvalue weighted by Gasteiger charge is -2.20. The Balaban J connectivity index is 3.89. The molecule has 0 fully saturated rings. The van der Waals surface area contributed by atoms with Crippen LogP contribution in [0.2, 0.25) is 0 Å². The molecule has 0 saturated heterocycles. The summed E-state index contributed by atoms with van der Waals surface area (Å²) in [6.45, 7) is 7.81. The normalized spacial score (nSPS) is 14.1. The Bertz CT molecular complexity index is 207. The van der Waals surface area contributed by atoms with Gasteiger partial charge in [0, 0.05) is 12.6 Å².